The van der Waals surface area contributed by atoms with Crippen LogP contribution < -0.4 is 0 Å². The molecule has 1 unspecified atom stereocenters. The minimum atomic E-state index is -5.08. The van der Waals surface area contributed by atoms with Crippen LogP contribution in [0.3, 0.4) is 0 Å². The van der Waals surface area contributed by atoms with Gasteiger partial charge >= 0.3 is 12.1 Å². The van der Waals surface area contributed by atoms with Crippen molar-refractivity contribution in [2.24, 2.45) is 0 Å². The number of pyridine rings is 1. The molecule has 1 atom stereocenters. The summed E-state index contributed by atoms with van der Waals surface area (Å²) >= 11 is 0. The van der Waals surface area contributed by atoms with Gasteiger partial charge in [0, 0.05) is 36.3 Å². The van der Waals surface area contributed by atoms with E-state index < -0.39 is 12.1 Å². The second-order valence-electron chi connectivity index (χ2n) is 8.21. The number of carboxylic acids is 1. The number of hydrogen-bond acceptors (Lipinski definition) is 5. The quantitative estimate of drug-likeness (QED) is 0.399. The molecule has 1 aromatic carbocycles. The Bertz CT molecular complexity index is 1290. The monoisotopic (exact) mass is 490 g/mol. The van der Waals surface area contributed by atoms with Crippen LogP contribution in [-0.2, 0) is 11.3 Å². The van der Waals surface area contributed by atoms with E-state index in [1.807, 2.05) is 35.0 Å². The maximum absolute atomic E-state index is 13.5. The zero-order valence-corrected chi connectivity index (χ0v) is 18.5. The molecule has 1 aliphatic rings. The lowest BCUT2D eigenvalue weighted by Crippen LogP contribution is -2.34. The van der Waals surface area contributed by atoms with Crippen LogP contribution in [0.1, 0.15) is 30.1 Å². The molecule has 3 aromatic heterocycles. The number of piperidine rings is 1. The molecule has 4 aromatic rings. The normalized spacial score (nSPS) is 16.6. The third-order valence-electron chi connectivity index (χ3n) is 5.60. The molecule has 1 N–H and O–H groups in total. The van der Waals surface area contributed by atoms with Gasteiger partial charge < -0.3 is 9.52 Å². The van der Waals surface area contributed by atoms with Gasteiger partial charge in [-0.05, 0) is 55.3 Å². The van der Waals surface area contributed by atoms with Gasteiger partial charge in [0.15, 0.2) is 11.5 Å². The first-order valence-corrected chi connectivity index (χ1v) is 10.8. The Kier molecular flexibility index (Phi) is 7.15. The van der Waals surface area contributed by atoms with Gasteiger partial charge in [-0.3, -0.25) is 4.90 Å². The van der Waals surface area contributed by atoms with Crippen LogP contribution in [0.15, 0.2) is 65.6 Å². The first kappa shape index (κ1) is 24.4. The van der Waals surface area contributed by atoms with Gasteiger partial charge in [-0.1, -0.05) is 12.1 Å². The van der Waals surface area contributed by atoms with Gasteiger partial charge in [0.1, 0.15) is 5.82 Å². The second-order valence-corrected chi connectivity index (χ2v) is 8.21. The summed E-state index contributed by atoms with van der Waals surface area (Å²) in [5.74, 6) is -1.80. The van der Waals surface area contributed by atoms with E-state index in [9.17, 15) is 17.6 Å². The largest absolute Gasteiger partial charge is 0.490 e. The standard InChI is InChI=1S/C22H21FN4O.C2HF3O2/c23-20-5-1-3-17(11-20)18-6-7-21-24-22(25-27(21)14-18)19-4-2-9-26(13-19)12-16-8-10-28-15-16;3-2(4,5)1(6)7/h1,3,5-8,10-11,14-15,19H,2,4,9,12-13H2;(H,6,7). The predicted molar refractivity (Wildman–Crippen MR) is 118 cm³/mol. The topological polar surface area (TPSA) is 83.9 Å². The average molecular weight is 490 g/mol. The third-order valence-corrected chi connectivity index (χ3v) is 5.60. The Labute approximate surface area is 197 Å². The van der Waals surface area contributed by atoms with Crippen LogP contribution in [0.4, 0.5) is 17.6 Å². The van der Waals surface area contributed by atoms with E-state index in [1.165, 1.54) is 17.7 Å². The van der Waals surface area contributed by atoms with Crippen LogP contribution in [-0.4, -0.2) is 49.8 Å². The lowest BCUT2D eigenvalue weighted by molar-refractivity contribution is -0.192. The van der Waals surface area contributed by atoms with E-state index in [2.05, 4.69) is 4.90 Å². The maximum atomic E-state index is 13.5. The van der Waals surface area contributed by atoms with Crippen LogP contribution >= 0.6 is 0 Å². The molecule has 0 radical (unpaired) electrons. The predicted octanol–water partition coefficient (Wildman–Crippen LogP) is 5.14. The van der Waals surface area contributed by atoms with Crippen LogP contribution in [0.2, 0.25) is 0 Å². The van der Waals surface area contributed by atoms with E-state index in [-0.39, 0.29) is 5.82 Å². The van der Waals surface area contributed by atoms with Gasteiger partial charge in [0.05, 0.1) is 12.5 Å². The SMILES string of the molecule is Fc1cccc(-c2ccc3nc(C4CCCN(Cc5ccoc5)C4)nn3c2)c1.O=C(O)C(F)(F)F. The number of benzene rings is 1. The first-order chi connectivity index (χ1) is 16.7. The first-order valence-electron chi connectivity index (χ1n) is 10.8. The molecule has 0 amide bonds. The van der Waals surface area contributed by atoms with Crippen LogP contribution in [0.5, 0.6) is 0 Å². The number of fused-ring (bicyclic) bond motifs is 1. The van der Waals surface area contributed by atoms with Crippen LogP contribution in [0.25, 0.3) is 16.8 Å². The van der Waals surface area contributed by atoms with Crippen molar-refractivity contribution in [2.45, 2.75) is 31.5 Å². The highest BCUT2D eigenvalue weighted by Gasteiger charge is 2.38. The number of alkyl halides is 3. The highest BCUT2D eigenvalue weighted by Crippen LogP contribution is 2.27. The Balaban J connectivity index is 0.000000364. The Morgan fingerprint density at radius 3 is 2.66 bits per heavy atom. The molecule has 184 valence electrons. The van der Waals surface area contributed by atoms with Crippen molar-refractivity contribution in [2.75, 3.05) is 13.1 Å². The number of aromatic nitrogens is 3. The van der Waals surface area contributed by atoms with Crippen molar-refractivity contribution in [3.8, 4) is 11.1 Å². The smallest absolute Gasteiger partial charge is 0.475 e. The molecule has 1 saturated heterocycles. The number of hydrogen-bond donors (Lipinski definition) is 1. The summed E-state index contributed by atoms with van der Waals surface area (Å²) in [6.45, 7) is 2.92. The van der Waals surface area contributed by atoms with Crippen molar-refractivity contribution >= 4 is 11.6 Å². The van der Waals surface area contributed by atoms with E-state index in [4.69, 9.17) is 24.4 Å². The highest BCUT2D eigenvalue weighted by atomic mass is 19.4. The van der Waals surface area contributed by atoms with Crippen molar-refractivity contribution in [1.29, 1.82) is 0 Å². The number of furan rings is 1. The molecule has 11 heteroatoms. The molecule has 0 saturated carbocycles. The molecule has 4 heterocycles. The Hall–Kier alpha value is -3.73. The zero-order chi connectivity index (χ0) is 25.0. The molecule has 5 rings (SSSR count). The molecule has 0 bridgehead atoms. The van der Waals surface area contributed by atoms with Crippen LogP contribution in [0, 0.1) is 5.82 Å². The number of likely N-dealkylation sites (tertiary alicyclic amines) is 1. The molecular formula is C24H22F4N4O3. The fraction of sp³-hybridized carbons (Fsp3) is 0.292. The molecule has 7 nitrogen and oxygen atoms in total. The minimum absolute atomic E-state index is 0.239. The lowest BCUT2D eigenvalue weighted by atomic mass is 9.97. The molecule has 0 aliphatic carbocycles. The van der Waals surface area contributed by atoms with Gasteiger partial charge in [0.2, 0.25) is 0 Å². The molecule has 1 fully saturated rings. The van der Waals surface area contributed by atoms with E-state index in [0.29, 0.717) is 5.92 Å². The fourth-order valence-corrected chi connectivity index (χ4v) is 3.96. The summed E-state index contributed by atoms with van der Waals surface area (Å²) in [6.07, 6.45) is 2.59. The summed E-state index contributed by atoms with van der Waals surface area (Å²) in [6, 6.07) is 12.5. The van der Waals surface area contributed by atoms with Crippen molar-refractivity contribution in [3.05, 3.63) is 78.4 Å². The number of aliphatic carboxylic acids is 1. The van der Waals surface area contributed by atoms with E-state index >= 15 is 0 Å². The van der Waals surface area contributed by atoms with Gasteiger partial charge in [-0.25, -0.2) is 18.7 Å². The van der Waals surface area contributed by atoms with Gasteiger partial charge in [0.25, 0.3) is 0 Å². The maximum Gasteiger partial charge on any atom is 0.490 e. The lowest BCUT2D eigenvalue weighted by Gasteiger charge is -2.30. The summed E-state index contributed by atoms with van der Waals surface area (Å²) in [4.78, 5) is 16.1. The Morgan fingerprint density at radius 2 is 1.97 bits per heavy atom. The van der Waals surface area contributed by atoms with E-state index in [0.717, 1.165) is 55.1 Å². The molecule has 35 heavy (non-hydrogen) atoms. The average Bonchev–Trinajstić information content (AvgIpc) is 3.48. The summed E-state index contributed by atoms with van der Waals surface area (Å²) in [5.41, 5.74) is 3.78. The highest BCUT2D eigenvalue weighted by molar-refractivity contribution is 5.73. The summed E-state index contributed by atoms with van der Waals surface area (Å²) < 4.78 is 52.3. The number of nitrogens with zero attached hydrogens (tertiary/aromatic N) is 4. The second kappa shape index (κ2) is 10.3. The van der Waals surface area contributed by atoms with Gasteiger partial charge in [-0.15, -0.1) is 0 Å². The summed E-state index contributed by atoms with van der Waals surface area (Å²) in [5, 5.41) is 11.9. The third kappa shape index (κ3) is 6.24. The minimum Gasteiger partial charge on any atom is -0.475 e. The number of halogens is 4. The number of rotatable bonds is 4. The van der Waals surface area contributed by atoms with Crippen molar-refractivity contribution < 1.29 is 31.9 Å². The number of carbonyl (C=O) groups is 1. The van der Waals surface area contributed by atoms with Crippen molar-refractivity contribution in [1.82, 2.24) is 19.5 Å². The van der Waals surface area contributed by atoms with E-state index in [1.54, 1.807) is 18.6 Å². The zero-order valence-electron chi connectivity index (χ0n) is 18.5. The van der Waals surface area contributed by atoms with Crippen molar-refractivity contribution in [3.63, 3.8) is 0 Å². The van der Waals surface area contributed by atoms with Gasteiger partial charge in [-0.2, -0.15) is 18.3 Å². The number of carboxylic acid groups (broad SMARTS) is 1. The summed E-state index contributed by atoms with van der Waals surface area (Å²) in [7, 11) is 0. The Morgan fingerprint density at radius 1 is 1.17 bits per heavy atom. The molecular weight excluding hydrogens is 468 g/mol. The fourth-order valence-electron chi connectivity index (χ4n) is 3.96. The molecule has 1 aliphatic heterocycles. The molecule has 0 spiro atoms.